The fourth-order valence-electron chi connectivity index (χ4n) is 2.33. The first-order chi connectivity index (χ1) is 9.80. The van der Waals surface area contributed by atoms with Crippen molar-refractivity contribution in [3.05, 3.63) is 34.9 Å². The summed E-state index contributed by atoms with van der Waals surface area (Å²) in [7, 11) is 0. The molecule has 0 spiro atoms. The average Bonchev–Trinajstić information content (AvgIpc) is 2.32. The molecule has 0 aliphatic carbocycles. The molecular formula is C16H24F3NO. The van der Waals surface area contributed by atoms with E-state index in [1.54, 1.807) is 0 Å². The normalized spacial score (nSPS) is 13.4. The lowest BCUT2D eigenvalue weighted by molar-refractivity contribution is -0.175. The van der Waals surface area contributed by atoms with Gasteiger partial charge in [0.05, 0.1) is 6.61 Å². The number of hydrogen-bond donors (Lipinski definition) is 1. The van der Waals surface area contributed by atoms with Crippen LogP contribution < -0.4 is 5.32 Å². The van der Waals surface area contributed by atoms with Crippen LogP contribution in [0.15, 0.2) is 18.2 Å². The van der Waals surface area contributed by atoms with E-state index < -0.39 is 12.8 Å². The van der Waals surface area contributed by atoms with Gasteiger partial charge in [-0.3, -0.25) is 0 Å². The zero-order chi connectivity index (χ0) is 15.9. The molecule has 0 fully saturated rings. The minimum absolute atomic E-state index is 0.0620. The molecule has 21 heavy (non-hydrogen) atoms. The Labute approximate surface area is 124 Å². The Kier molecular flexibility index (Phi) is 7.18. The third-order valence-electron chi connectivity index (χ3n) is 3.03. The standard InChI is InChI=1S/C16H24F3NO/c1-4-5-20-15(10-21-11-16(17,18)19)9-14-7-12(2)6-13(3)8-14/h6-8,15,20H,4-5,9-11H2,1-3H3. The first kappa shape index (κ1) is 18.0. The first-order valence-electron chi connectivity index (χ1n) is 7.25. The lowest BCUT2D eigenvalue weighted by Crippen LogP contribution is -2.37. The third kappa shape index (κ3) is 8.07. The zero-order valence-corrected chi connectivity index (χ0v) is 12.9. The molecule has 0 bridgehead atoms. The molecular weight excluding hydrogens is 279 g/mol. The van der Waals surface area contributed by atoms with Crippen molar-refractivity contribution in [2.75, 3.05) is 19.8 Å². The van der Waals surface area contributed by atoms with Gasteiger partial charge in [0.25, 0.3) is 0 Å². The van der Waals surface area contributed by atoms with Gasteiger partial charge < -0.3 is 10.1 Å². The maximum atomic E-state index is 12.1. The molecule has 0 aromatic heterocycles. The molecule has 1 rings (SSSR count). The highest BCUT2D eigenvalue weighted by atomic mass is 19.4. The predicted molar refractivity (Wildman–Crippen MR) is 78.6 cm³/mol. The molecule has 0 aliphatic rings. The Morgan fingerprint density at radius 2 is 1.76 bits per heavy atom. The van der Waals surface area contributed by atoms with Crippen molar-refractivity contribution in [2.24, 2.45) is 0 Å². The quantitative estimate of drug-likeness (QED) is 0.789. The van der Waals surface area contributed by atoms with Crippen molar-refractivity contribution in [1.82, 2.24) is 5.32 Å². The average molecular weight is 303 g/mol. The number of benzene rings is 1. The summed E-state index contributed by atoms with van der Waals surface area (Å²) >= 11 is 0. The molecule has 120 valence electrons. The maximum Gasteiger partial charge on any atom is 0.411 e. The highest BCUT2D eigenvalue weighted by Gasteiger charge is 2.27. The van der Waals surface area contributed by atoms with Gasteiger partial charge in [-0.15, -0.1) is 0 Å². The number of halogens is 3. The Bertz CT molecular complexity index is 412. The van der Waals surface area contributed by atoms with Gasteiger partial charge in [-0.05, 0) is 38.8 Å². The van der Waals surface area contributed by atoms with Crippen LogP contribution in [0.5, 0.6) is 0 Å². The SMILES string of the molecule is CCCNC(COCC(F)(F)F)Cc1cc(C)cc(C)c1. The van der Waals surface area contributed by atoms with Crippen molar-refractivity contribution in [3.63, 3.8) is 0 Å². The summed E-state index contributed by atoms with van der Waals surface area (Å²) in [4.78, 5) is 0. The Balaban J connectivity index is 2.59. The van der Waals surface area contributed by atoms with Crippen molar-refractivity contribution in [2.45, 2.75) is 45.8 Å². The molecule has 0 amide bonds. The van der Waals surface area contributed by atoms with Crippen molar-refractivity contribution >= 4 is 0 Å². The monoisotopic (exact) mass is 303 g/mol. The number of ether oxygens (including phenoxy) is 1. The van der Waals surface area contributed by atoms with Gasteiger partial charge in [0.15, 0.2) is 0 Å². The minimum Gasteiger partial charge on any atom is -0.370 e. The molecule has 0 saturated carbocycles. The largest absolute Gasteiger partial charge is 0.411 e. The molecule has 1 N–H and O–H groups in total. The fourth-order valence-corrected chi connectivity index (χ4v) is 2.33. The van der Waals surface area contributed by atoms with Crippen LogP contribution in [0, 0.1) is 13.8 Å². The smallest absolute Gasteiger partial charge is 0.370 e. The van der Waals surface area contributed by atoms with Crippen LogP contribution in [-0.4, -0.2) is 32.0 Å². The molecule has 2 nitrogen and oxygen atoms in total. The van der Waals surface area contributed by atoms with E-state index in [0.29, 0.717) is 6.42 Å². The van der Waals surface area contributed by atoms with Crippen LogP contribution >= 0.6 is 0 Å². The Morgan fingerprint density at radius 3 is 2.29 bits per heavy atom. The predicted octanol–water partition coefficient (Wildman–Crippen LogP) is 3.79. The van der Waals surface area contributed by atoms with Crippen molar-refractivity contribution in [1.29, 1.82) is 0 Å². The van der Waals surface area contributed by atoms with E-state index in [2.05, 4.69) is 23.5 Å². The van der Waals surface area contributed by atoms with E-state index in [1.807, 2.05) is 20.8 Å². The van der Waals surface area contributed by atoms with Gasteiger partial charge in [0, 0.05) is 6.04 Å². The van der Waals surface area contributed by atoms with Gasteiger partial charge in [-0.2, -0.15) is 13.2 Å². The molecule has 1 atom stereocenters. The summed E-state index contributed by atoms with van der Waals surface area (Å²) in [6.07, 6.45) is -2.67. The molecule has 0 radical (unpaired) electrons. The molecule has 1 aromatic rings. The number of aryl methyl sites for hydroxylation is 2. The van der Waals surface area contributed by atoms with E-state index in [1.165, 1.54) is 0 Å². The van der Waals surface area contributed by atoms with Crippen LogP contribution in [0.2, 0.25) is 0 Å². The van der Waals surface area contributed by atoms with E-state index in [9.17, 15) is 13.2 Å². The highest BCUT2D eigenvalue weighted by molar-refractivity contribution is 5.29. The summed E-state index contributed by atoms with van der Waals surface area (Å²) < 4.78 is 41.2. The van der Waals surface area contributed by atoms with Crippen molar-refractivity contribution in [3.8, 4) is 0 Å². The second kappa shape index (κ2) is 8.39. The second-order valence-corrected chi connectivity index (χ2v) is 5.48. The van der Waals surface area contributed by atoms with Crippen molar-refractivity contribution < 1.29 is 17.9 Å². The molecule has 0 saturated heterocycles. The molecule has 0 aliphatic heterocycles. The third-order valence-corrected chi connectivity index (χ3v) is 3.03. The van der Waals surface area contributed by atoms with Gasteiger partial charge in [-0.1, -0.05) is 36.2 Å². The van der Waals surface area contributed by atoms with E-state index in [0.717, 1.165) is 29.7 Å². The van der Waals surface area contributed by atoms with E-state index in [4.69, 9.17) is 4.74 Å². The summed E-state index contributed by atoms with van der Waals surface area (Å²) in [5.41, 5.74) is 3.45. The molecule has 5 heteroatoms. The maximum absolute atomic E-state index is 12.1. The molecule has 0 heterocycles. The van der Waals surface area contributed by atoms with E-state index in [-0.39, 0.29) is 12.6 Å². The van der Waals surface area contributed by atoms with Crippen LogP contribution in [0.25, 0.3) is 0 Å². The number of nitrogens with one attached hydrogen (secondary N) is 1. The summed E-state index contributed by atoms with van der Waals surface area (Å²) in [5, 5.41) is 3.25. The number of hydrogen-bond acceptors (Lipinski definition) is 2. The van der Waals surface area contributed by atoms with E-state index >= 15 is 0 Å². The first-order valence-corrected chi connectivity index (χ1v) is 7.25. The summed E-state index contributed by atoms with van der Waals surface area (Å²) in [6, 6.07) is 6.11. The topological polar surface area (TPSA) is 21.3 Å². The molecule has 1 aromatic carbocycles. The lowest BCUT2D eigenvalue weighted by Gasteiger charge is -2.20. The van der Waals surface area contributed by atoms with Gasteiger partial charge in [0.1, 0.15) is 6.61 Å². The molecule has 1 unspecified atom stereocenters. The van der Waals surface area contributed by atoms with Crippen LogP contribution in [0.1, 0.15) is 30.0 Å². The van der Waals surface area contributed by atoms with Gasteiger partial charge >= 0.3 is 6.18 Å². The van der Waals surface area contributed by atoms with Crippen LogP contribution in [-0.2, 0) is 11.2 Å². The summed E-state index contributed by atoms with van der Waals surface area (Å²) in [6.45, 7) is 5.70. The Hall–Kier alpha value is -1.07. The Morgan fingerprint density at radius 1 is 1.14 bits per heavy atom. The zero-order valence-electron chi connectivity index (χ0n) is 12.9. The summed E-state index contributed by atoms with van der Waals surface area (Å²) in [5.74, 6) is 0. The number of alkyl halides is 3. The van der Waals surface area contributed by atoms with Crippen LogP contribution in [0.4, 0.5) is 13.2 Å². The number of rotatable bonds is 8. The van der Waals surface area contributed by atoms with Crippen LogP contribution in [0.3, 0.4) is 0 Å². The van der Waals surface area contributed by atoms with Gasteiger partial charge in [-0.25, -0.2) is 0 Å². The second-order valence-electron chi connectivity index (χ2n) is 5.48. The lowest BCUT2D eigenvalue weighted by atomic mass is 10.0. The van der Waals surface area contributed by atoms with Gasteiger partial charge in [0.2, 0.25) is 0 Å². The fraction of sp³-hybridized carbons (Fsp3) is 0.625. The minimum atomic E-state index is -4.27. The highest BCUT2D eigenvalue weighted by Crippen LogP contribution is 2.15.